The fourth-order valence-electron chi connectivity index (χ4n) is 3.73. The molecule has 1 unspecified atom stereocenters. The van der Waals surface area contributed by atoms with Gasteiger partial charge in [-0.05, 0) is 47.4 Å². The van der Waals surface area contributed by atoms with Crippen LogP contribution >= 0.6 is 0 Å². The number of halogens is 9. The minimum atomic E-state index is -5.05. The highest BCUT2D eigenvalue weighted by molar-refractivity contribution is 5.44. The Hall–Kier alpha value is -3.25. The molecular formula is C25H20F9NO2. The number of nitrogens with one attached hydrogen (secondary N) is 1. The van der Waals surface area contributed by atoms with E-state index in [1.54, 1.807) is 30.3 Å². The number of aliphatic hydroxyl groups is 1. The Kier molecular flexibility index (Phi) is 8.43. The second-order valence-electron chi connectivity index (χ2n) is 8.15. The summed E-state index contributed by atoms with van der Waals surface area (Å²) in [5.41, 5.74) is -1.69. The lowest BCUT2D eigenvalue weighted by Crippen LogP contribution is -2.51. The van der Waals surface area contributed by atoms with Gasteiger partial charge in [-0.15, -0.1) is 0 Å². The second-order valence-corrected chi connectivity index (χ2v) is 8.15. The number of hydrogen-bond donors (Lipinski definition) is 2. The van der Waals surface area contributed by atoms with Crippen LogP contribution in [0.2, 0.25) is 0 Å². The standard InChI is InChI=1S/C25H20F9NO2/c26-18-8-6-16(7-9-18)23(13-15-4-2-1-3-5-15,35-14-21(36)24(30,31)32)17-10-19(27)12-20(11-17)37-25(33,34)22(28)29/h1-12,21-22,35-36H,13-14H2/t21?,23-/m1/s1. The molecule has 0 saturated heterocycles. The van der Waals surface area contributed by atoms with Crippen molar-refractivity contribution in [2.75, 3.05) is 6.54 Å². The number of aliphatic hydroxyl groups excluding tert-OH is 1. The number of ether oxygens (including phenoxy) is 1. The van der Waals surface area contributed by atoms with Gasteiger partial charge in [-0.2, -0.15) is 30.7 Å². The number of rotatable bonds is 10. The zero-order valence-electron chi connectivity index (χ0n) is 18.8. The van der Waals surface area contributed by atoms with Crippen molar-refractivity contribution in [2.24, 2.45) is 0 Å². The van der Waals surface area contributed by atoms with Crippen LogP contribution in [0.3, 0.4) is 0 Å². The molecule has 3 nitrogen and oxygen atoms in total. The Morgan fingerprint density at radius 3 is 1.97 bits per heavy atom. The van der Waals surface area contributed by atoms with Gasteiger partial charge in [0.15, 0.2) is 6.10 Å². The first-order valence-corrected chi connectivity index (χ1v) is 10.7. The van der Waals surface area contributed by atoms with E-state index in [-0.39, 0.29) is 17.5 Å². The average Bonchev–Trinajstić information content (AvgIpc) is 2.81. The van der Waals surface area contributed by atoms with Crippen molar-refractivity contribution in [1.29, 1.82) is 0 Å². The van der Waals surface area contributed by atoms with Crippen molar-refractivity contribution >= 4 is 0 Å². The molecule has 0 spiro atoms. The smallest absolute Gasteiger partial charge is 0.428 e. The molecule has 0 radical (unpaired) electrons. The van der Waals surface area contributed by atoms with E-state index in [1.165, 1.54) is 12.1 Å². The summed E-state index contributed by atoms with van der Waals surface area (Å²) in [6.07, 6.45) is -17.5. The molecule has 0 aromatic heterocycles. The van der Waals surface area contributed by atoms with Gasteiger partial charge in [-0.3, -0.25) is 0 Å². The molecule has 0 heterocycles. The van der Waals surface area contributed by atoms with Crippen molar-refractivity contribution in [3.63, 3.8) is 0 Å². The summed E-state index contributed by atoms with van der Waals surface area (Å²) >= 11 is 0. The van der Waals surface area contributed by atoms with Crippen LogP contribution in [0.4, 0.5) is 39.5 Å². The lowest BCUT2D eigenvalue weighted by atomic mass is 9.77. The first-order valence-electron chi connectivity index (χ1n) is 10.7. The molecule has 0 aliphatic heterocycles. The maximum atomic E-state index is 14.6. The molecule has 0 aliphatic carbocycles. The summed E-state index contributed by atoms with van der Waals surface area (Å²) in [6.45, 7) is -1.15. The molecule has 3 aromatic rings. The summed E-state index contributed by atoms with van der Waals surface area (Å²) in [6, 6.07) is 14.2. The van der Waals surface area contributed by atoms with E-state index in [9.17, 15) is 44.6 Å². The Morgan fingerprint density at radius 2 is 1.41 bits per heavy atom. The monoisotopic (exact) mass is 537 g/mol. The quantitative estimate of drug-likeness (QED) is 0.303. The fraction of sp³-hybridized carbons (Fsp3) is 0.280. The zero-order valence-corrected chi connectivity index (χ0v) is 18.8. The first-order chi connectivity index (χ1) is 17.2. The zero-order chi connectivity index (χ0) is 27.4. The Labute approximate surface area is 205 Å². The minimum absolute atomic E-state index is 0.0595. The molecule has 12 heteroatoms. The maximum absolute atomic E-state index is 14.6. The van der Waals surface area contributed by atoms with Gasteiger partial charge in [0.25, 0.3) is 0 Å². The highest BCUT2D eigenvalue weighted by Crippen LogP contribution is 2.38. The summed E-state index contributed by atoms with van der Waals surface area (Å²) in [5, 5.41) is 12.2. The molecule has 37 heavy (non-hydrogen) atoms. The predicted octanol–water partition coefficient (Wildman–Crippen LogP) is 6.20. The van der Waals surface area contributed by atoms with Crippen LogP contribution in [0.15, 0.2) is 72.8 Å². The van der Waals surface area contributed by atoms with Gasteiger partial charge < -0.3 is 15.2 Å². The lowest BCUT2D eigenvalue weighted by Gasteiger charge is -2.38. The summed E-state index contributed by atoms with van der Waals surface area (Å²) in [7, 11) is 0. The summed E-state index contributed by atoms with van der Waals surface area (Å²) in [5.74, 6) is -2.97. The largest absolute Gasteiger partial charge is 0.461 e. The molecule has 2 N–H and O–H groups in total. The lowest BCUT2D eigenvalue weighted by molar-refractivity contribution is -0.253. The van der Waals surface area contributed by atoms with Gasteiger partial charge in [-0.1, -0.05) is 42.5 Å². The molecular weight excluding hydrogens is 517 g/mol. The number of benzene rings is 3. The van der Waals surface area contributed by atoms with Crippen LogP contribution in [-0.2, 0) is 12.0 Å². The van der Waals surface area contributed by atoms with Gasteiger partial charge in [0, 0.05) is 12.6 Å². The van der Waals surface area contributed by atoms with E-state index in [0.29, 0.717) is 11.6 Å². The van der Waals surface area contributed by atoms with Crippen LogP contribution < -0.4 is 10.1 Å². The average molecular weight is 537 g/mol. The Balaban J connectivity index is 2.23. The predicted molar refractivity (Wildman–Crippen MR) is 115 cm³/mol. The van der Waals surface area contributed by atoms with Crippen molar-refractivity contribution in [3.8, 4) is 5.75 Å². The molecule has 0 bridgehead atoms. The number of hydrogen-bond acceptors (Lipinski definition) is 3. The van der Waals surface area contributed by atoms with Crippen LogP contribution in [-0.4, -0.2) is 36.5 Å². The van der Waals surface area contributed by atoms with Crippen LogP contribution in [0.1, 0.15) is 16.7 Å². The normalized spacial score (nSPS) is 14.9. The van der Waals surface area contributed by atoms with Crippen LogP contribution in [0.25, 0.3) is 0 Å². The van der Waals surface area contributed by atoms with Crippen molar-refractivity contribution in [3.05, 3.63) is 101 Å². The van der Waals surface area contributed by atoms with E-state index < -0.39 is 54.3 Å². The van der Waals surface area contributed by atoms with E-state index in [1.807, 2.05) is 0 Å². The molecule has 0 fully saturated rings. The van der Waals surface area contributed by atoms with E-state index >= 15 is 0 Å². The first kappa shape index (κ1) is 28.3. The third kappa shape index (κ3) is 6.95. The van der Waals surface area contributed by atoms with Crippen LogP contribution in [0.5, 0.6) is 5.75 Å². The summed E-state index contributed by atoms with van der Waals surface area (Å²) < 4.78 is 124. The van der Waals surface area contributed by atoms with Gasteiger partial charge >= 0.3 is 18.7 Å². The molecule has 3 aromatic carbocycles. The molecule has 0 aliphatic rings. The van der Waals surface area contributed by atoms with Gasteiger partial charge in [0.2, 0.25) is 0 Å². The highest BCUT2D eigenvalue weighted by atomic mass is 19.4. The molecule has 200 valence electrons. The second kappa shape index (κ2) is 11.0. The third-order valence-corrected chi connectivity index (χ3v) is 5.50. The molecule has 3 rings (SSSR count). The fourth-order valence-corrected chi connectivity index (χ4v) is 3.73. The maximum Gasteiger partial charge on any atom is 0.461 e. The van der Waals surface area contributed by atoms with E-state index in [0.717, 1.165) is 24.3 Å². The van der Waals surface area contributed by atoms with Crippen molar-refractivity contribution < 1.29 is 49.4 Å². The highest BCUT2D eigenvalue weighted by Gasteiger charge is 2.45. The van der Waals surface area contributed by atoms with Gasteiger partial charge in [0.05, 0.1) is 5.54 Å². The van der Waals surface area contributed by atoms with Gasteiger partial charge in [0.1, 0.15) is 17.4 Å². The SMILES string of the molecule is OC(CN[C@](Cc1ccccc1)(c1ccc(F)cc1)c1cc(F)cc(OC(F)(F)C(F)F)c1)C(F)(F)F. The van der Waals surface area contributed by atoms with Crippen molar-refractivity contribution in [2.45, 2.75) is 36.8 Å². The van der Waals surface area contributed by atoms with Gasteiger partial charge in [-0.25, -0.2) is 8.78 Å². The molecule has 0 saturated carbocycles. The van der Waals surface area contributed by atoms with Crippen LogP contribution in [0, 0.1) is 11.6 Å². The van der Waals surface area contributed by atoms with Crippen molar-refractivity contribution in [1.82, 2.24) is 5.32 Å². The van der Waals surface area contributed by atoms with E-state index in [2.05, 4.69) is 10.1 Å². The topological polar surface area (TPSA) is 41.5 Å². The number of alkyl halides is 7. The summed E-state index contributed by atoms with van der Waals surface area (Å²) in [4.78, 5) is 0. The minimum Gasteiger partial charge on any atom is -0.428 e. The third-order valence-electron chi connectivity index (χ3n) is 5.50. The Morgan fingerprint density at radius 1 is 0.784 bits per heavy atom. The van der Waals surface area contributed by atoms with E-state index in [4.69, 9.17) is 0 Å². The molecule has 0 amide bonds. The molecule has 2 atom stereocenters. The Bertz CT molecular complexity index is 1170.